The van der Waals surface area contributed by atoms with Crippen molar-refractivity contribution >= 4 is 15.9 Å². The van der Waals surface area contributed by atoms with Crippen molar-refractivity contribution < 1.29 is 4.74 Å². The SMILES string of the molecule is CCOc1ccc(C(C)(C)c2ccccc2)cc1Br. The first-order valence-corrected chi connectivity index (χ1v) is 7.33. The molecule has 0 saturated heterocycles. The smallest absolute Gasteiger partial charge is 0.133 e. The van der Waals surface area contributed by atoms with E-state index in [1.54, 1.807) is 0 Å². The number of ether oxygens (including phenoxy) is 1. The number of hydrogen-bond acceptors (Lipinski definition) is 1. The van der Waals surface area contributed by atoms with Gasteiger partial charge in [-0.3, -0.25) is 0 Å². The molecule has 0 atom stereocenters. The summed E-state index contributed by atoms with van der Waals surface area (Å²) in [7, 11) is 0. The molecule has 0 heterocycles. The molecule has 0 N–H and O–H groups in total. The Bertz CT molecular complexity index is 546. The third-order valence-corrected chi connectivity index (χ3v) is 4.07. The van der Waals surface area contributed by atoms with Crippen LogP contribution in [0.2, 0.25) is 0 Å². The van der Waals surface area contributed by atoms with E-state index in [4.69, 9.17) is 4.74 Å². The molecule has 19 heavy (non-hydrogen) atoms. The minimum Gasteiger partial charge on any atom is -0.493 e. The molecule has 0 spiro atoms. The van der Waals surface area contributed by atoms with E-state index in [0.717, 1.165) is 10.2 Å². The van der Waals surface area contributed by atoms with Crippen molar-refractivity contribution in [3.05, 3.63) is 64.1 Å². The van der Waals surface area contributed by atoms with E-state index in [-0.39, 0.29) is 5.41 Å². The van der Waals surface area contributed by atoms with Crippen LogP contribution in [-0.2, 0) is 5.41 Å². The van der Waals surface area contributed by atoms with Crippen molar-refractivity contribution in [2.75, 3.05) is 6.61 Å². The summed E-state index contributed by atoms with van der Waals surface area (Å²) in [5, 5.41) is 0. The Morgan fingerprint density at radius 1 is 1.00 bits per heavy atom. The molecule has 2 rings (SSSR count). The van der Waals surface area contributed by atoms with Crippen LogP contribution in [0.1, 0.15) is 31.9 Å². The van der Waals surface area contributed by atoms with E-state index in [1.807, 2.05) is 19.1 Å². The van der Waals surface area contributed by atoms with Gasteiger partial charge in [0.2, 0.25) is 0 Å². The summed E-state index contributed by atoms with van der Waals surface area (Å²) in [5.41, 5.74) is 2.56. The Morgan fingerprint density at radius 3 is 2.26 bits per heavy atom. The average Bonchev–Trinajstić information content (AvgIpc) is 2.42. The Hall–Kier alpha value is -1.28. The van der Waals surface area contributed by atoms with Crippen LogP contribution in [0.5, 0.6) is 5.75 Å². The number of hydrogen-bond donors (Lipinski definition) is 0. The molecule has 0 aliphatic carbocycles. The van der Waals surface area contributed by atoms with Gasteiger partial charge in [-0.2, -0.15) is 0 Å². The highest BCUT2D eigenvalue weighted by Crippen LogP contribution is 2.35. The second-order valence-corrected chi connectivity index (χ2v) is 5.92. The van der Waals surface area contributed by atoms with Gasteiger partial charge in [-0.1, -0.05) is 50.2 Å². The molecule has 0 amide bonds. The summed E-state index contributed by atoms with van der Waals surface area (Å²) in [5.74, 6) is 0.898. The van der Waals surface area contributed by atoms with Gasteiger partial charge in [0.05, 0.1) is 11.1 Å². The fourth-order valence-electron chi connectivity index (χ4n) is 2.18. The second kappa shape index (κ2) is 5.79. The lowest BCUT2D eigenvalue weighted by molar-refractivity contribution is 0.338. The second-order valence-electron chi connectivity index (χ2n) is 5.07. The van der Waals surface area contributed by atoms with Gasteiger partial charge < -0.3 is 4.74 Å². The molecular formula is C17H19BrO. The van der Waals surface area contributed by atoms with Gasteiger partial charge >= 0.3 is 0 Å². The summed E-state index contributed by atoms with van der Waals surface area (Å²) >= 11 is 3.59. The minimum atomic E-state index is -0.0193. The third-order valence-electron chi connectivity index (χ3n) is 3.45. The Kier molecular flexibility index (Phi) is 4.31. The van der Waals surface area contributed by atoms with Crippen LogP contribution >= 0.6 is 15.9 Å². The van der Waals surface area contributed by atoms with E-state index in [0.29, 0.717) is 6.61 Å². The first-order valence-electron chi connectivity index (χ1n) is 6.54. The normalized spacial score (nSPS) is 11.4. The van der Waals surface area contributed by atoms with Crippen LogP contribution in [0.25, 0.3) is 0 Å². The molecule has 0 aromatic heterocycles. The molecule has 2 heteroatoms. The van der Waals surface area contributed by atoms with Gasteiger partial charge in [-0.05, 0) is 46.1 Å². The van der Waals surface area contributed by atoms with Crippen molar-refractivity contribution in [1.29, 1.82) is 0 Å². The lowest BCUT2D eigenvalue weighted by Gasteiger charge is -2.26. The van der Waals surface area contributed by atoms with Crippen molar-refractivity contribution in [2.24, 2.45) is 0 Å². The maximum atomic E-state index is 5.56. The predicted molar refractivity (Wildman–Crippen MR) is 83.9 cm³/mol. The largest absolute Gasteiger partial charge is 0.493 e. The fraction of sp³-hybridized carbons (Fsp3) is 0.294. The molecule has 2 aromatic carbocycles. The van der Waals surface area contributed by atoms with E-state index in [1.165, 1.54) is 11.1 Å². The minimum absolute atomic E-state index is 0.0193. The summed E-state index contributed by atoms with van der Waals surface area (Å²) in [6.45, 7) is 7.16. The first kappa shape index (κ1) is 14.1. The summed E-state index contributed by atoms with van der Waals surface area (Å²) < 4.78 is 6.57. The van der Waals surface area contributed by atoms with Gasteiger partial charge in [0, 0.05) is 5.41 Å². The molecule has 100 valence electrons. The summed E-state index contributed by atoms with van der Waals surface area (Å²) in [4.78, 5) is 0. The zero-order valence-electron chi connectivity index (χ0n) is 11.6. The zero-order valence-corrected chi connectivity index (χ0v) is 13.2. The van der Waals surface area contributed by atoms with Crippen molar-refractivity contribution in [3.8, 4) is 5.75 Å². The zero-order chi connectivity index (χ0) is 13.9. The van der Waals surface area contributed by atoms with E-state index in [2.05, 4.69) is 66.2 Å². The molecule has 0 saturated carbocycles. The molecule has 2 aromatic rings. The van der Waals surface area contributed by atoms with E-state index in [9.17, 15) is 0 Å². The molecular weight excluding hydrogens is 300 g/mol. The molecule has 0 bridgehead atoms. The van der Waals surface area contributed by atoms with E-state index < -0.39 is 0 Å². The van der Waals surface area contributed by atoms with Crippen LogP contribution < -0.4 is 4.74 Å². The maximum absolute atomic E-state index is 5.56. The summed E-state index contributed by atoms with van der Waals surface area (Å²) in [6.07, 6.45) is 0. The van der Waals surface area contributed by atoms with E-state index >= 15 is 0 Å². The number of halogens is 1. The Labute approximate surface area is 123 Å². The standard InChI is InChI=1S/C17H19BrO/c1-4-19-16-11-10-14(12-15(16)18)17(2,3)13-8-6-5-7-9-13/h5-12H,4H2,1-3H3. The quantitative estimate of drug-likeness (QED) is 0.755. The molecule has 0 unspecified atom stereocenters. The molecule has 0 aliphatic heterocycles. The average molecular weight is 319 g/mol. The monoisotopic (exact) mass is 318 g/mol. The van der Waals surface area contributed by atoms with Crippen molar-refractivity contribution in [3.63, 3.8) is 0 Å². The maximum Gasteiger partial charge on any atom is 0.133 e. The summed E-state index contributed by atoms with van der Waals surface area (Å²) in [6, 6.07) is 16.9. The highest BCUT2D eigenvalue weighted by atomic mass is 79.9. The Morgan fingerprint density at radius 2 is 1.68 bits per heavy atom. The highest BCUT2D eigenvalue weighted by Gasteiger charge is 2.23. The predicted octanol–water partition coefficient (Wildman–Crippen LogP) is 5.17. The first-order chi connectivity index (χ1) is 9.05. The van der Waals surface area contributed by atoms with Gasteiger partial charge in [-0.25, -0.2) is 0 Å². The third kappa shape index (κ3) is 3.01. The molecule has 0 fully saturated rings. The van der Waals surface area contributed by atoms with Crippen LogP contribution in [0.4, 0.5) is 0 Å². The Balaban J connectivity index is 2.39. The molecule has 0 radical (unpaired) electrons. The van der Waals surface area contributed by atoms with Crippen LogP contribution in [0.3, 0.4) is 0 Å². The lowest BCUT2D eigenvalue weighted by Crippen LogP contribution is -2.18. The number of benzene rings is 2. The molecule has 1 nitrogen and oxygen atoms in total. The van der Waals surface area contributed by atoms with Crippen molar-refractivity contribution in [1.82, 2.24) is 0 Å². The lowest BCUT2D eigenvalue weighted by atomic mass is 9.78. The van der Waals surface area contributed by atoms with Gasteiger partial charge in [0.25, 0.3) is 0 Å². The topological polar surface area (TPSA) is 9.23 Å². The highest BCUT2D eigenvalue weighted by molar-refractivity contribution is 9.10. The van der Waals surface area contributed by atoms with Gasteiger partial charge in [0.1, 0.15) is 5.75 Å². The fourth-order valence-corrected chi connectivity index (χ4v) is 2.68. The van der Waals surface area contributed by atoms with Crippen LogP contribution in [0.15, 0.2) is 53.0 Å². The van der Waals surface area contributed by atoms with Gasteiger partial charge in [-0.15, -0.1) is 0 Å². The molecule has 0 aliphatic rings. The van der Waals surface area contributed by atoms with Gasteiger partial charge in [0.15, 0.2) is 0 Å². The number of rotatable bonds is 4. The van der Waals surface area contributed by atoms with Crippen molar-refractivity contribution in [2.45, 2.75) is 26.2 Å². The van der Waals surface area contributed by atoms with Crippen LogP contribution in [0, 0.1) is 0 Å². The van der Waals surface area contributed by atoms with Crippen LogP contribution in [-0.4, -0.2) is 6.61 Å².